The quantitative estimate of drug-likeness (QED) is 0.809. The first kappa shape index (κ1) is 15.6. The SMILES string of the molecule is Cc1cc(Nc2cc(C(F)(F)F)cc(N)n2)cc(C)c1Br. The number of anilines is 3. The van der Waals surface area contributed by atoms with Gasteiger partial charge in [0.25, 0.3) is 0 Å². The molecule has 1 aromatic heterocycles. The Hall–Kier alpha value is -1.76. The van der Waals surface area contributed by atoms with Gasteiger partial charge in [-0.25, -0.2) is 4.98 Å². The highest BCUT2D eigenvalue weighted by Crippen LogP contribution is 2.33. The summed E-state index contributed by atoms with van der Waals surface area (Å²) in [5.74, 6) is -0.124. The molecule has 0 spiro atoms. The van der Waals surface area contributed by atoms with Crippen LogP contribution in [0.5, 0.6) is 0 Å². The van der Waals surface area contributed by atoms with Crippen LogP contribution in [0.15, 0.2) is 28.7 Å². The van der Waals surface area contributed by atoms with E-state index in [1.165, 1.54) is 0 Å². The van der Waals surface area contributed by atoms with Crippen LogP contribution in [0.25, 0.3) is 0 Å². The third-order valence-corrected chi connectivity index (χ3v) is 4.13. The minimum absolute atomic E-state index is 0.0587. The number of aryl methyl sites for hydroxylation is 2. The maximum atomic E-state index is 12.8. The Morgan fingerprint density at radius 1 is 1.10 bits per heavy atom. The monoisotopic (exact) mass is 359 g/mol. The van der Waals surface area contributed by atoms with E-state index >= 15 is 0 Å². The van der Waals surface area contributed by atoms with Gasteiger partial charge in [-0.2, -0.15) is 13.2 Å². The summed E-state index contributed by atoms with van der Waals surface area (Å²) in [6.45, 7) is 3.80. The number of nitrogens with zero attached hydrogens (tertiary/aromatic N) is 1. The minimum Gasteiger partial charge on any atom is -0.384 e. The largest absolute Gasteiger partial charge is 0.416 e. The molecule has 112 valence electrons. The topological polar surface area (TPSA) is 50.9 Å². The van der Waals surface area contributed by atoms with Crippen molar-refractivity contribution in [2.24, 2.45) is 0 Å². The van der Waals surface area contributed by atoms with Crippen molar-refractivity contribution in [3.05, 3.63) is 45.4 Å². The van der Waals surface area contributed by atoms with Gasteiger partial charge in [0.1, 0.15) is 11.6 Å². The van der Waals surface area contributed by atoms with E-state index in [0.29, 0.717) is 5.69 Å². The van der Waals surface area contributed by atoms with Crippen molar-refractivity contribution in [2.75, 3.05) is 11.1 Å². The van der Waals surface area contributed by atoms with Gasteiger partial charge in [-0.1, -0.05) is 15.9 Å². The highest BCUT2D eigenvalue weighted by atomic mass is 79.9. The van der Waals surface area contributed by atoms with Crippen molar-refractivity contribution in [3.63, 3.8) is 0 Å². The third kappa shape index (κ3) is 3.66. The Bertz CT molecular complexity index is 661. The summed E-state index contributed by atoms with van der Waals surface area (Å²) >= 11 is 3.44. The molecule has 1 aromatic carbocycles. The average molecular weight is 360 g/mol. The minimum atomic E-state index is -4.46. The van der Waals surface area contributed by atoms with Gasteiger partial charge in [-0.15, -0.1) is 0 Å². The maximum Gasteiger partial charge on any atom is 0.416 e. The summed E-state index contributed by atoms with van der Waals surface area (Å²) in [5.41, 5.74) is 7.20. The molecule has 2 aromatic rings. The van der Waals surface area contributed by atoms with Crippen molar-refractivity contribution in [3.8, 4) is 0 Å². The first-order chi connectivity index (χ1) is 9.66. The number of nitrogens with one attached hydrogen (secondary N) is 1. The second kappa shape index (κ2) is 5.55. The fourth-order valence-electron chi connectivity index (χ4n) is 1.95. The van der Waals surface area contributed by atoms with Crippen LogP contribution < -0.4 is 11.1 Å². The zero-order valence-corrected chi connectivity index (χ0v) is 12.9. The summed E-state index contributed by atoms with van der Waals surface area (Å²) in [6.07, 6.45) is -4.46. The summed E-state index contributed by atoms with van der Waals surface area (Å²) < 4.78 is 39.2. The molecule has 0 aliphatic heterocycles. The van der Waals surface area contributed by atoms with Gasteiger partial charge in [0.05, 0.1) is 5.56 Å². The van der Waals surface area contributed by atoms with E-state index in [1.807, 2.05) is 26.0 Å². The standard InChI is InChI=1S/C14H13BrF3N3/c1-7-3-10(4-8(2)13(7)15)20-12-6-9(14(16,17)18)5-11(19)21-12/h3-6H,1-2H3,(H3,19,20,21). The van der Waals surface area contributed by atoms with E-state index in [2.05, 4.69) is 26.2 Å². The average Bonchev–Trinajstić information content (AvgIpc) is 2.34. The van der Waals surface area contributed by atoms with Gasteiger partial charge in [0.15, 0.2) is 0 Å². The Balaban J connectivity index is 2.38. The van der Waals surface area contributed by atoms with Crippen LogP contribution in [0.4, 0.5) is 30.5 Å². The molecule has 0 amide bonds. The lowest BCUT2D eigenvalue weighted by Gasteiger charge is -2.13. The lowest BCUT2D eigenvalue weighted by molar-refractivity contribution is -0.137. The molecule has 0 aliphatic rings. The molecule has 0 bridgehead atoms. The Morgan fingerprint density at radius 2 is 1.67 bits per heavy atom. The number of rotatable bonds is 2. The van der Waals surface area contributed by atoms with Gasteiger partial charge in [-0.05, 0) is 49.2 Å². The number of nitrogen functional groups attached to an aromatic ring is 1. The molecule has 0 radical (unpaired) electrons. The van der Waals surface area contributed by atoms with E-state index < -0.39 is 11.7 Å². The zero-order valence-electron chi connectivity index (χ0n) is 11.3. The summed E-state index contributed by atoms with van der Waals surface area (Å²) in [6, 6.07) is 5.37. The van der Waals surface area contributed by atoms with Crippen molar-refractivity contribution >= 4 is 33.3 Å². The molecule has 0 aliphatic carbocycles. The Labute approximate surface area is 128 Å². The Kier molecular flexibility index (Phi) is 4.13. The number of nitrogens with two attached hydrogens (primary N) is 1. The molecule has 0 saturated heterocycles. The van der Waals surface area contributed by atoms with Crippen molar-refractivity contribution in [2.45, 2.75) is 20.0 Å². The van der Waals surface area contributed by atoms with Crippen LogP contribution in [-0.4, -0.2) is 4.98 Å². The molecule has 3 N–H and O–H groups in total. The molecule has 7 heteroatoms. The van der Waals surface area contributed by atoms with Crippen LogP contribution >= 0.6 is 15.9 Å². The van der Waals surface area contributed by atoms with Crippen molar-refractivity contribution in [1.29, 1.82) is 0 Å². The Morgan fingerprint density at radius 3 is 2.19 bits per heavy atom. The molecule has 0 atom stereocenters. The summed E-state index contributed by atoms with van der Waals surface area (Å²) in [5, 5.41) is 2.85. The lowest BCUT2D eigenvalue weighted by Crippen LogP contribution is -2.08. The van der Waals surface area contributed by atoms with E-state index in [9.17, 15) is 13.2 Å². The van der Waals surface area contributed by atoms with E-state index in [4.69, 9.17) is 5.73 Å². The smallest absolute Gasteiger partial charge is 0.384 e. The molecular formula is C14H13BrF3N3. The molecular weight excluding hydrogens is 347 g/mol. The lowest BCUT2D eigenvalue weighted by atomic mass is 10.1. The van der Waals surface area contributed by atoms with Crippen LogP contribution in [0.1, 0.15) is 16.7 Å². The van der Waals surface area contributed by atoms with E-state index in [-0.39, 0.29) is 11.6 Å². The van der Waals surface area contributed by atoms with Crippen molar-refractivity contribution in [1.82, 2.24) is 4.98 Å². The van der Waals surface area contributed by atoms with Crippen molar-refractivity contribution < 1.29 is 13.2 Å². The number of alkyl halides is 3. The number of aromatic nitrogens is 1. The highest BCUT2D eigenvalue weighted by Gasteiger charge is 2.31. The number of hydrogen-bond donors (Lipinski definition) is 2. The van der Waals surface area contributed by atoms with Gasteiger partial charge in [-0.3, -0.25) is 0 Å². The fourth-order valence-corrected chi connectivity index (χ4v) is 2.17. The maximum absolute atomic E-state index is 12.8. The highest BCUT2D eigenvalue weighted by molar-refractivity contribution is 9.10. The number of halogens is 4. The van der Waals surface area contributed by atoms with Gasteiger partial charge < -0.3 is 11.1 Å². The van der Waals surface area contributed by atoms with Crippen LogP contribution in [0, 0.1) is 13.8 Å². The van der Waals surface area contributed by atoms with Crippen LogP contribution in [0.3, 0.4) is 0 Å². The number of pyridine rings is 1. The van der Waals surface area contributed by atoms with E-state index in [0.717, 1.165) is 27.7 Å². The summed E-state index contributed by atoms with van der Waals surface area (Å²) in [4.78, 5) is 3.88. The molecule has 2 rings (SSSR count). The molecule has 1 heterocycles. The first-order valence-corrected chi connectivity index (χ1v) is 6.84. The third-order valence-electron chi connectivity index (χ3n) is 2.88. The number of hydrogen-bond acceptors (Lipinski definition) is 3. The van der Waals surface area contributed by atoms with Gasteiger partial charge in [0.2, 0.25) is 0 Å². The van der Waals surface area contributed by atoms with Gasteiger partial charge >= 0.3 is 6.18 Å². The fraction of sp³-hybridized carbons (Fsp3) is 0.214. The second-order valence-electron chi connectivity index (χ2n) is 4.71. The molecule has 21 heavy (non-hydrogen) atoms. The molecule has 3 nitrogen and oxygen atoms in total. The molecule has 0 unspecified atom stereocenters. The predicted molar refractivity (Wildman–Crippen MR) is 80.6 cm³/mol. The first-order valence-electron chi connectivity index (χ1n) is 6.05. The second-order valence-corrected chi connectivity index (χ2v) is 5.51. The van der Waals surface area contributed by atoms with Crippen LogP contribution in [-0.2, 0) is 6.18 Å². The zero-order chi connectivity index (χ0) is 15.8. The molecule has 0 fully saturated rings. The normalized spacial score (nSPS) is 11.5. The van der Waals surface area contributed by atoms with Crippen LogP contribution in [0.2, 0.25) is 0 Å². The predicted octanol–water partition coefficient (Wildman–Crippen LogP) is 4.81. The summed E-state index contributed by atoms with van der Waals surface area (Å²) in [7, 11) is 0. The van der Waals surface area contributed by atoms with Gasteiger partial charge in [0, 0.05) is 10.2 Å². The molecule has 0 saturated carbocycles. The number of benzene rings is 1. The van der Waals surface area contributed by atoms with E-state index in [1.54, 1.807) is 0 Å².